The topological polar surface area (TPSA) is 60.5 Å². The van der Waals surface area contributed by atoms with E-state index in [4.69, 9.17) is 9.47 Å². The number of benzene rings is 2. The standard InChI is InChI=1S/C18H18N2O3S/c1-12-19-16-8-3-13(11-17(16)24-12)20-18(21)9-10-23-15-6-4-14(22-2)5-7-15/h3-8,11H,9-10H2,1-2H3,(H,20,21). The number of aromatic nitrogens is 1. The summed E-state index contributed by atoms with van der Waals surface area (Å²) >= 11 is 1.61. The highest BCUT2D eigenvalue weighted by atomic mass is 32.1. The third kappa shape index (κ3) is 4.02. The van der Waals surface area contributed by atoms with E-state index in [2.05, 4.69) is 10.3 Å². The van der Waals surface area contributed by atoms with E-state index >= 15 is 0 Å². The van der Waals surface area contributed by atoms with E-state index in [0.29, 0.717) is 12.4 Å². The second-order valence-electron chi connectivity index (χ2n) is 5.24. The predicted molar refractivity (Wildman–Crippen MR) is 96.1 cm³/mol. The molecule has 0 radical (unpaired) electrons. The summed E-state index contributed by atoms with van der Waals surface area (Å²) in [4.78, 5) is 16.4. The van der Waals surface area contributed by atoms with Crippen LogP contribution < -0.4 is 14.8 Å². The summed E-state index contributed by atoms with van der Waals surface area (Å²) in [5.74, 6) is 1.41. The Kier molecular flexibility index (Phi) is 4.96. The molecule has 0 spiro atoms. The number of nitrogens with one attached hydrogen (secondary N) is 1. The molecular weight excluding hydrogens is 324 g/mol. The Hall–Kier alpha value is -2.60. The van der Waals surface area contributed by atoms with Crippen LogP contribution in [0.3, 0.4) is 0 Å². The van der Waals surface area contributed by atoms with Crippen LogP contribution in [0.5, 0.6) is 11.5 Å². The van der Waals surface area contributed by atoms with Gasteiger partial charge in [-0.05, 0) is 49.4 Å². The van der Waals surface area contributed by atoms with Crippen molar-refractivity contribution in [2.45, 2.75) is 13.3 Å². The van der Waals surface area contributed by atoms with Gasteiger partial charge in [-0.25, -0.2) is 4.98 Å². The van der Waals surface area contributed by atoms with Gasteiger partial charge in [-0.3, -0.25) is 4.79 Å². The summed E-state index contributed by atoms with van der Waals surface area (Å²) in [6, 6.07) is 13.0. The maximum absolute atomic E-state index is 12.0. The zero-order chi connectivity index (χ0) is 16.9. The zero-order valence-corrected chi connectivity index (χ0v) is 14.4. The molecule has 1 N–H and O–H groups in total. The number of methoxy groups -OCH3 is 1. The van der Waals surface area contributed by atoms with E-state index in [1.807, 2.05) is 49.4 Å². The minimum atomic E-state index is -0.0795. The fourth-order valence-electron chi connectivity index (χ4n) is 2.27. The van der Waals surface area contributed by atoms with Crippen LogP contribution in [0.2, 0.25) is 0 Å². The normalized spacial score (nSPS) is 10.6. The van der Waals surface area contributed by atoms with Crippen LogP contribution >= 0.6 is 11.3 Å². The van der Waals surface area contributed by atoms with E-state index in [1.165, 1.54) is 0 Å². The molecule has 1 heterocycles. The molecule has 0 atom stereocenters. The van der Waals surface area contributed by atoms with Gasteiger partial charge < -0.3 is 14.8 Å². The minimum absolute atomic E-state index is 0.0795. The zero-order valence-electron chi connectivity index (χ0n) is 13.5. The third-order valence-electron chi connectivity index (χ3n) is 3.44. The lowest BCUT2D eigenvalue weighted by Crippen LogP contribution is -2.15. The molecule has 3 rings (SSSR count). The molecule has 1 amide bonds. The van der Waals surface area contributed by atoms with Crippen molar-refractivity contribution in [3.63, 3.8) is 0 Å². The van der Waals surface area contributed by atoms with Crippen LogP contribution in [0.4, 0.5) is 5.69 Å². The smallest absolute Gasteiger partial charge is 0.227 e. The minimum Gasteiger partial charge on any atom is -0.497 e. The Bertz CT molecular complexity index is 843. The summed E-state index contributed by atoms with van der Waals surface area (Å²) in [6.07, 6.45) is 0.284. The van der Waals surface area contributed by atoms with Crippen molar-refractivity contribution in [2.24, 2.45) is 0 Å². The average Bonchev–Trinajstić information content (AvgIpc) is 2.95. The number of carbonyl (C=O) groups excluding carboxylic acids is 1. The third-order valence-corrected chi connectivity index (χ3v) is 4.37. The average molecular weight is 342 g/mol. The number of ether oxygens (including phenoxy) is 2. The first-order valence-electron chi connectivity index (χ1n) is 7.58. The lowest BCUT2D eigenvalue weighted by Gasteiger charge is -2.08. The Balaban J connectivity index is 1.50. The molecule has 0 unspecified atom stereocenters. The SMILES string of the molecule is COc1ccc(OCCC(=O)Nc2ccc3nc(C)sc3c2)cc1. The van der Waals surface area contributed by atoms with Crippen molar-refractivity contribution in [1.82, 2.24) is 4.98 Å². The first-order valence-corrected chi connectivity index (χ1v) is 8.39. The van der Waals surface area contributed by atoms with E-state index in [9.17, 15) is 4.79 Å². The van der Waals surface area contributed by atoms with Gasteiger partial charge in [0.25, 0.3) is 0 Å². The number of amides is 1. The molecule has 0 bridgehead atoms. The molecular formula is C18H18N2O3S. The molecule has 0 saturated heterocycles. The number of hydrogen-bond acceptors (Lipinski definition) is 5. The van der Waals surface area contributed by atoms with Crippen molar-refractivity contribution in [2.75, 3.05) is 19.0 Å². The maximum Gasteiger partial charge on any atom is 0.227 e. The predicted octanol–water partition coefficient (Wildman–Crippen LogP) is 4.02. The van der Waals surface area contributed by atoms with E-state index in [0.717, 1.165) is 26.7 Å². The first kappa shape index (κ1) is 16.3. The molecule has 6 heteroatoms. The number of thiazole rings is 1. The van der Waals surface area contributed by atoms with Crippen LogP contribution in [0.15, 0.2) is 42.5 Å². The Labute approximate surface area is 144 Å². The lowest BCUT2D eigenvalue weighted by molar-refractivity contribution is -0.116. The molecule has 5 nitrogen and oxygen atoms in total. The van der Waals surface area contributed by atoms with Crippen molar-refractivity contribution in [3.05, 3.63) is 47.5 Å². The summed E-state index contributed by atoms with van der Waals surface area (Å²) in [6.45, 7) is 2.29. The summed E-state index contributed by atoms with van der Waals surface area (Å²) in [7, 11) is 1.62. The fourth-order valence-corrected chi connectivity index (χ4v) is 3.14. The van der Waals surface area contributed by atoms with Crippen molar-refractivity contribution >= 4 is 33.1 Å². The molecule has 3 aromatic rings. The second kappa shape index (κ2) is 7.31. The van der Waals surface area contributed by atoms with Gasteiger partial charge in [0.15, 0.2) is 0 Å². The molecule has 0 aliphatic heterocycles. The molecule has 0 aliphatic carbocycles. The van der Waals surface area contributed by atoms with Gasteiger partial charge >= 0.3 is 0 Å². The van der Waals surface area contributed by atoms with E-state index < -0.39 is 0 Å². The Morgan fingerprint density at radius 2 is 1.92 bits per heavy atom. The monoisotopic (exact) mass is 342 g/mol. The highest BCUT2D eigenvalue weighted by Crippen LogP contribution is 2.24. The Morgan fingerprint density at radius 1 is 1.17 bits per heavy atom. The maximum atomic E-state index is 12.0. The van der Waals surface area contributed by atoms with Gasteiger partial charge in [0, 0.05) is 5.69 Å². The lowest BCUT2D eigenvalue weighted by atomic mass is 10.3. The van der Waals surface area contributed by atoms with Gasteiger partial charge in [-0.1, -0.05) is 0 Å². The van der Waals surface area contributed by atoms with Crippen LogP contribution in [-0.2, 0) is 4.79 Å². The van der Waals surface area contributed by atoms with Crippen molar-refractivity contribution in [3.8, 4) is 11.5 Å². The number of aryl methyl sites for hydroxylation is 1. The Morgan fingerprint density at radius 3 is 2.67 bits per heavy atom. The number of nitrogens with zero attached hydrogens (tertiary/aromatic N) is 1. The second-order valence-corrected chi connectivity index (χ2v) is 6.47. The highest BCUT2D eigenvalue weighted by Gasteiger charge is 2.06. The number of rotatable bonds is 6. The molecule has 0 aliphatic rings. The van der Waals surface area contributed by atoms with Crippen LogP contribution in [0.1, 0.15) is 11.4 Å². The number of fused-ring (bicyclic) bond motifs is 1. The highest BCUT2D eigenvalue weighted by molar-refractivity contribution is 7.18. The summed E-state index contributed by atoms with van der Waals surface area (Å²) in [5, 5.41) is 3.90. The number of hydrogen-bond donors (Lipinski definition) is 1. The summed E-state index contributed by atoms with van der Waals surface area (Å²) < 4.78 is 11.7. The van der Waals surface area contributed by atoms with Gasteiger partial charge in [0.1, 0.15) is 11.5 Å². The fraction of sp³-hybridized carbons (Fsp3) is 0.222. The van der Waals surface area contributed by atoms with E-state index in [-0.39, 0.29) is 12.3 Å². The van der Waals surface area contributed by atoms with Crippen molar-refractivity contribution < 1.29 is 14.3 Å². The van der Waals surface area contributed by atoms with Crippen LogP contribution in [0.25, 0.3) is 10.2 Å². The molecule has 0 saturated carbocycles. The van der Waals surface area contributed by atoms with Crippen LogP contribution in [-0.4, -0.2) is 24.6 Å². The number of carbonyl (C=O) groups is 1. The van der Waals surface area contributed by atoms with E-state index in [1.54, 1.807) is 18.4 Å². The molecule has 2 aromatic carbocycles. The molecule has 24 heavy (non-hydrogen) atoms. The summed E-state index contributed by atoms with van der Waals surface area (Å²) in [5.41, 5.74) is 1.74. The molecule has 124 valence electrons. The van der Waals surface area contributed by atoms with Gasteiger partial charge in [-0.15, -0.1) is 11.3 Å². The van der Waals surface area contributed by atoms with Crippen LogP contribution in [0, 0.1) is 6.92 Å². The number of anilines is 1. The first-order chi connectivity index (χ1) is 11.6. The van der Waals surface area contributed by atoms with Gasteiger partial charge in [0.05, 0.1) is 35.4 Å². The largest absolute Gasteiger partial charge is 0.497 e. The quantitative estimate of drug-likeness (QED) is 0.735. The molecule has 0 fully saturated rings. The van der Waals surface area contributed by atoms with Gasteiger partial charge in [0.2, 0.25) is 5.91 Å². The van der Waals surface area contributed by atoms with Gasteiger partial charge in [-0.2, -0.15) is 0 Å². The molecule has 1 aromatic heterocycles. The van der Waals surface area contributed by atoms with Crippen molar-refractivity contribution in [1.29, 1.82) is 0 Å².